The first kappa shape index (κ1) is 12.6. The van der Waals surface area contributed by atoms with Gasteiger partial charge in [0.05, 0.1) is 25.4 Å². The third-order valence-corrected chi connectivity index (χ3v) is 1.73. The lowest BCUT2D eigenvalue weighted by Gasteiger charge is -2.07. The van der Waals surface area contributed by atoms with Crippen LogP contribution in [0.25, 0.3) is 0 Å². The molecular formula is C8H8F3N3OS. The first-order valence-corrected chi connectivity index (χ1v) is 4.61. The molecule has 2 N–H and O–H groups in total. The Labute approximate surface area is 94.6 Å². The Kier molecular flexibility index (Phi) is 3.99. The van der Waals surface area contributed by atoms with Gasteiger partial charge in [0.15, 0.2) is 0 Å². The van der Waals surface area contributed by atoms with E-state index >= 15 is 0 Å². The van der Waals surface area contributed by atoms with E-state index < -0.39 is 19.2 Å². The van der Waals surface area contributed by atoms with E-state index in [1.165, 1.54) is 12.4 Å². The summed E-state index contributed by atoms with van der Waals surface area (Å²) < 4.78 is 40.1. The van der Waals surface area contributed by atoms with Crippen LogP contribution in [0.2, 0.25) is 0 Å². The molecule has 0 aliphatic rings. The van der Waals surface area contributed by atoms with Crippen molar-refractivity contribution in [3.63, 3.8) is 0 Å². The van der Waals surface area contributed by atoms with Crippen LogP contribution in [0.1, 0.15) is 12.1 Å². The Morgan fingerprint density at radius 2 is 2.06 bits per heavy atom. The van der Waals surface area contributed by atoms with Crippen LogP contribution >= 0.6 is 12.2 Å². The van der Waals surface area contributed by atoms with Gasteiger partial charge >= 0.3 is 6.18 Å². The van der Waals surface area contributed by atoms with Crippen LogP contribution in [0.3, 0.4) is 0 Å². The van der Waals surface area contributed by atoms with Crippen LogP contribution in [0.15, 0.2) is 12.4 Å². The smallest absolute Gasteiger partial charge is 0.392 e. The van der Waals surface area contributed by atoms with E-state index in [0.29, 0.717) is 0 Å². The molecule has 4 nitrogen and oxygen atoms in total. The standard InChI is InChI=1S/C8H8F3N3OS/c9-8(10,11)1-2-15-6-4-13-5(3-14-6)7(12)16/h3-4H,1-2H2,(H2,12,16). The maximum atomic E-state index is 11.8. The number of aromatic nitrogens is 2. The van der Waals surface area contributed by atoms with Gasteiger partial charge < -0.3 is 10.5 Å². The van der Waals surface area contributed by atoms with Gasteiger partial charge in [0.1, 0.15) is 10.7 Å². The highest BCUT2D eigenvalue weighted by Gasteiger charge is 2.26. The van der Waals surface area contributed by atoms with Crippen LogP contribution in [-0.4, -0.2) is 27.7 Å². The quantitative estimate of drug-likeness (QED) is 0.820. The van der Waals surface area contributed by atoms with Crippen molar-refractivity contribution in [2.24, 2.45) is 5.73 Å². The summed E-state index contributed by atoms with van der Waals surface area (Å²) in [6.07, 6.45) is -2.87. The van der Waals surface area contributed by atoms with E-state index in [9.17, 15) is 13.2 Å². The van der Waals surface area contributed by atoms with E-state index in [4.69, 9.17) is 10.5 Å². The lowest BCUT2D eigenvalue weighted by atomic mass is 10.4. The number of hydrogen-bond donors (Lipinski definition) is 1. The maximum absolute atomic E-state index is 11.8. The monoisotopic (exact) mass is 251 g/mol. The van der Waals surface area contributed by atoms with Gasteiger partial charge in [-0.2, -0.15) is 13.2 Å². The molecule has 1 aromatic rings. The minimum Gasteiger partial charge on any atom is -0.476 e. The van der Waals surface area contributed by atoms with Crippen molar-refractivity contribution < 1.29 is 17.9 Å². The molecule has 1 heterocycles. The van der Waals surface area contributed by atoms with Gasteiger partial charge in [0, 0.05) is 0 Å². The molecule has 16 heavy (non-hydrogen) atoms. The number of hydrogen-bond acceptors (Lipinski definition) is 4. The molecule has 0 aromatic carbocycles. The number of nitrogens with two attached hydrogens (primary N) is 1. The Balaban J connectivity index is 2.47. The Morgan fingerprint density at radius 1 is 1.38 bits per heavy atom. The first-order chi connectivity index (χ1) is 7.38. The number of rotatable bonds is 4. The fraction of sp³-hybridized carbons (Fsp3) is 0.375. The topological polar surface area (TPSA) is 61.0 Å². The Hall–Kier alpha value is -1.44. The second-order valence-corrected chi connectivity index (χ2v) is 3.26. The summed E-state index contributed by atoms with van der Waals surface area (Å²) in [6.45, 7) is -0.495. The number of ether oxygens (including phenoxy) is 1. The molecule has 0 atom stereocenters. The zero-order chi connectivity index (χ0) is 12.2. The van der Waals surface area contributed by atoms with Crippen molar-refractivity contribution in [1.29, 1.82) is 0 Å². The fourth-order valence-corrected chi connectivity index (χ4v) is 0.895. The molecule has 0 saturated heterocycles. The maximum Gasteiger partial charge on any atom is 0.392 e. The molecule has 8 heteroatoms. The molecule has 88 valence electrons. The SMILES string of the molecule is NC(=S)c1cnc(OCCC(F)(F)F)cn1. The summed E-state index contributed by atoms with van der Waals surface area (Å²) in [5.41, 5.74) is 5.55. The van der Waals surface area contributed by atoms with E-state index in [2.05, 4.69) is 22.2 Å². The zero-order valence-corrected chi connectivity index (χ0v) is 8.81. The molecule has 0 radical (unpaired) electrons. The molecule has 1 aromatic heterocycles. The average Bonchev–Trinajstić information content (AvgIpc) is 2.16. The lowest BCUT2D eigenvalue weighted by molar-refractivity contribution is -0.139. The molecule has 0 spiro atoms. The molecule has 0 aliphatic heterocycles. The molecule has 0 aliphatic carbocycles. The predicted molar refractivity (Wildman–Crippen MR) is 54.1 cm³/mol. The van der Waals surface area contributed by atoms with Crippen LogP contribution in [0.5, 0.6) is 5.88 Å². The number of nitrogens with zero attached hydrogens (tertiary/aromatic N) is 2. The van der Waals surface area contributed by atoms with Gasteiger partial charge in [-0.1, -0.05) is 12.2 Å². The van der Waals surface area contributed by atoms with Crippen LogP contribution in [-0.2, 0) is 0 Å². The van der Waals surface area contributed by atoms with Crippen LogP contribution < -0.4 is 10.5 Å². The molecular weight excluding hydrogens is 243 g/mol. The highest BCUT2D eigenvalue weighted by Crippen LogP contribution is 2.19. The summed E-state index contributed by atoms with van der Waals surface area (Å²) in [5, 5.41) is 0. The van der Waals surface area contributed by atoms with Crippen molar-refractivity contribution in [2.45, 2.75) is 12.6 Å². The van der Waals surface area contributed by atoms with Crippen molar-refractivity contribution >= 4 is 17.2 Å². The zero-order valence-electron chi connectivity index (χ0n) is 7.99. The minimum atomic E-state index is -4.24. The third-order valence-electron chi connectivity index (χ3n) is 1.52. The highest BCUT2D eigenvalue weighted by molar-refractivity contribution is 7.80. The molecule has 0 saturated carbocycles. The van der Waals surface area contributed by atoms with E-state index in [1.807, 2.05) is 0 Å². The summed E-state index contributed by atoms with van der Waals surface area (Å²) in [5.74, 6) is 0.00394. The van der Waals surface area contributed by atoms with E-state index in [-0.39, 0.29) is 16.6 Å². The van der Waals surface area contributed by atoms with Gasteiger partial charge in [0.2, 0.25) is 5.88 Å². The van der Waals surface area contributed by atoms with Crippen LogP contribution in [0.4, 0.5) is 13.2 Å². The van der Waals surface area contributed by atoms with Crippen molar-refractivity contribution in [2.75, 3.05) is 6.61 Å². The summed E-state index contributed by atoms with van der Waals surface area (Å²) in [7, 11) is 0. The van der Waals surface area contributed by atoms with Gasteiger partial charge in [-0.05, 0) is 0 Å². The fourth-order valence-electron chi connectivity index (χ4n) is 0.789. The largest absolute Gasteiger partial charge is 0.476 e. The number of halogens is 3. The van der Waals surface area contributed by atoms with Crippen molar-refractivity contribution in [3.8, 4) is 5.88 Å². The normalized spacial score (nSPS) is 11.2. The Morgan fingerprint density at radius 3 is 2.50 bits per heavy atom. The second-order valence-electron chi connectivity index (χ2n) is 2.82. The number of alkyl halides is 3. The summed E-state index contributed by atoms with van der Waals surface area (Å²) in [6, 6.07) is 0. The molecule has 1 rings (SSSR count). The third kappa shape index (κ3) is 4.39. The van der Waals surface area contributed by atoms with Gasteiger partial charge in [0.25, 0.3) is 0 Å². The highest BCUT2D eigenvalue weighted by atomic mass is 32.1. The number of thiocarbonyl (C=S) groups is 1. The summed E-state index contributed by atoms with van der Waals surface area (Å²) >= 11 is 4.63. The first-order valence-electron chi connectivity index (χ1n) is 4.20. The van der Waals surface area contributed by atoms with Gasteiger partial charge in [-0.15, -0.1) is 0 Å². The summed E-state index contributed by atoms with van der Waals surface area (Å²) in [4.78, 5) is 7.52. The molecule has 0 bridgehead atoms. The molecule has 0 fully saturated rings. The average molecular weight is 251 g/mol. The minimum absolute atomic E-state index is 0.00394. The van der Waals surface area contributed by atoms with Gasteiger partial charge in [-0.3, -0.25) is 0 Å². The van der Waals surface area contributed by atoms with E-state index in [0.717, 1.165) is 0 Å². The van der Waals surface area contributed by atoms with Crippen molar-refractivity contribution in [3.05, 3.63) is 18.1 Å². The van der Waals surface area contributed by atoms with E-state index in [1.54, 1.807) is 0 Å². The second kappa shape index (κ2) is 5.06. The predicted octanol–water partition coefficient (Wildman–Crippen LogP) is 1.44. The molecule has 0 amide bonds. The van der Waals surface area contributed by atoms with Gasteiger partial charge in [-0.25, -0.2) is 9.97 Å². The van der Waals surface area contributed by atoms with Crippen LogP contribution in [0, 0.1) is 0 Å². The molecule has 0 unspecified atom stereocenters. The Bertz CT molecular complexity index is 366. The lowest BCUT2D eigenvalue weighted by Crippen LogP contribution is -2.14. The van der Waals surface area contributed by atoms with Crippen molar-refractivity contribution in [1.82, 2.24) is 9.97 Å².